The molecular weight excluding hydrogens is 587 g/mol. The molecule has 0 aliphatic carbocycles. The van der Waals surface area contributed by atoms with Crippen molar-refractivity contribution in [2.75, 3.05) is 40.9 Å². The predicted molar refractivity (Wildman–Crippen MR) is 187 cm³/mol. The molecule has 0 saturated carbocycles. The Morgan fingerprint density at radius 2 is 1.24 bits per heavy atom. The van der Waals surface area contributed by atoms with Crippen LogP contribution in [0.5, 0.6) is 0 Å². The Kier molecular flexibility index (Phi) is 28.5. The highest BCUT2D eigenvalue weighted by molar-refractivity contribution is 7.45. The van der Waals surface area contributed by atoms with E-state index in [0.29, 0.717) is 17.4 Å². The smallest absolute Gasteiger partial charge is 0.268 e. The molecule has 0 saturated heterocycles. The second-order valence-electron chi connectivity index (χ2n) is 13.6. The largest absolute Gasteiger partial charge is 0.756 e. The van der Waals surface area contributed by atoms with Gasteiger partial charge in [0.25, 0.3) is 7.82 Å². The number of carbonyl (C=O) groups excluding carboxylic acids is 1. The second kappa shape index (κ2) is 29.1. The van der Waals surface area contributed by atoms with Crippen molar-refractivity contribution >= 4 is 13.7 Å². The number of unbranched alkanes of at least 4 members (excludes halogenated alkanes) is 17. The van der Waals surface area contributed by atoms with E-state index in [4.69, 9.17) is 9.05 Å². The lowest BCUT2D eigenvalue weighted by molar-refractivity contribution is -0.870. The van der Waals surface area contributed by atoms with Crippen LogP contribution < -0.4 is 10.2 Å². The number of carbonyl (C=O) groups is 1. The molecule has 0 aromatic rings. The highest BCUT2D eigenvalue weighted by Gasteiger charge is 2.23. The number of hydrogen-bond donors (Lipinski definition) is 2. The topological polar surface area (TPSA) is 108 Å². The Bertz CT molecular complexity index is 799. The summed E-state index contributed by atoms with van der Waals surface area (Å²) in [5, 5.41) is 13.6. The van der Waals surface area contributed by atoms with Crippen molar-refractivity contribution in [2.24, 2.45) is 0 Å². The highest BCUT2D eigenvalue weighted by atomic mass is 31.2. The summed E-state index contributed by atoms with van der Waals surface area (Å²) in [4.78, 5) is 25.1. The van der Waals surface area contributed by atoms with E-state index in [1.165, 1.54) is 89.9 Å². The number of nitrogens with zero attached hydrogens (tertiary/aromatic N) is 1. The van der Waals surface area contributed by atoms with Crippen LogP contribution in [0.1, 0.15) is 149 Å². The van der Waals surface area contributed by atoms with Crippen LogP contribution in [-0.4, -0.2) is 68.5 Å². The molecule has 266 valence electrons. The Labute approximate surface area is 277 Å². The molecule has 0 radical (unpaired) electrons. The Morgan fingerprint density at radius 1 is 0.756 bits per heavy atom. The number of nitrogens with one attached hydrogen (secondary N) is 1. The Balaban J connectivity index is 4.62. The van der Waals surface area contributed by atoms with Crippen molar-refractivity contribution in [3.05, 3.63) is 24.3 Å². The van der Waals surface area contributed by atoms with Crippen LogP contribution in [0, 0.1) is 0 Å². The summed E-state index contributed by atoms with van der Waals surface area (Å²) in [6.07, 6.45) is 30.8. The maximum atomic E-state index is 12.7. The zero-order chi connectivity index (χ0) is 33.7. The van der Waals surface area contributed by atoms with Crippen LogP contribution in [-0.2, 0) is 18.4 Å². The number of rotatable bonds is 32. The van der Waals surface area contributed by atoms with Gasteiger partial charge in [0.2, 0.25) is 5.91 Å². The van der Waals surface area contributed by atoms with Crippen LogP contribution in [0.2, 0.25) is 0 Å². The first kappa shape index (κ1) is 44.0. The molecule has 0 fully saturated rings. The van der Waals surface area contributed by atoms with Gasteiger partial charge in [-0.1, -0.05) is 134 Å². The standard InChI is InChI=1S/C36H71N2O6P/c1-6-8-10-12-14-16-18-20-22-24-26-28-30-36(40)37-34(33-44-45(41,42)43-32-31-38(3,4)5)35(39)29-27-25-23-21-19-17-15-13-11-9-7-2/h19,21,27,29,34-35,39H,6-18,20,22-26,28,30-33H2,1-5H3,(H-,37,40,41,42)/b21-19+,29-27+/t34-,35+/m0/s1. The zero-order valence-corrected chi connectivity index (χ0v) is 30.7. The Morgan fingerprint density at radius 3 is 1.80 bits per heavy atom. The van der Waals surface area contributed by atoms with Gasteiger partial charge in [0.15, 0.2) is 0 Å². The van der Waals surface area contributed by atoms with E-state index in [0.717, 1.165) is 38.5 Å². The zero-order valence-electron chi connectivity index (χ0n) is 29.8. The Hall–Kier alpha value is -1.02. The molecule has 0 heterocycles. The van der Waals surface area contributed by atoms with Gasteiger partial charge < -0.3 is 28.8 Å². The maximum absolute atomic E-state index is 12.7. The number of quaternary nitrogens is 1. The quantitative estimate of drug-likeness (QED) is 0.0325. The van der Waals surface area contributed by atoms with E-state index in [9.17, 15) is 19.4 Å². The third kappa shape index (κ3) is 31.4. The molecule has 0 rings (SSSR count). The lowest BCUT2D eigenvalue weighted by atomic mass is 10.0. The molecule has 45 heavy (non-hydrogen) atoms. The molecule has 1 unspecified atom stereocenters. The number of amides is 1. The summed E-state index contributed by atoms with van der Waals surface area (Å²) in [7, 11) is 1.24. The van der Waals surface area contributed by atoms with Gasteiger partial charge in [-0.15, -0.1) is 0 Å². The van der Waals surface area contributed by atoms with Gasteiger partial charge >= 0.3 is 0 Å². The van der Waals surface area contributed by atoms with Crippen molar-refractivity contribution < 1.29 is 32.9 Å². The summed E-state index contributed by atoms with van der Waals surface area (Å²) in [5.74, 6) is -0.211. The van der Waals surface area contributed by atoms with Gasteiger partial charge in [-0.3, -0.25) is 9.36 Å². The van der Waals surface area contributed by atoms with Crippen molar-refractivity contribution in [1.82, 2.24) is 5.32 Å². The number of aliphatic hydroxyl groups excluding tert-OH is 1. The van der Waals surface area contributed by atoms with Gasteiger partial charge in [0, 0.05) is 6.42 Å². The van der Waals surface area contributed by atoms with Gasteiger partial charge in [-0.05, 0) is 32.1 Å². The number of phosphoric acid groups is 1. The number of phosphoric ester groups is 1. The lowest BCUT2D eigenvalue weighted by Gasteiger charge is -2.29. The van der Waals surface area contributed by atoms with Crippen molar-refractivity contribution in [3.8, 4) is 0 Å². The minimum Gasteiger partial charge on any atom is -0.756 e. The molecular formula is C36H71N2O6P. The molecule has 0 aliphatic rings. The minimum atomic E-state index is -4.58. The maximum Gasteiger partial charge on any atom is 0.268 e. The summed E-state index contributed by atoms with van der Waals surface area (Å²) in [5.41, 5.74) is 0. The number of aliphatic hydroxyl groups is 1. The third-order valence-electron chi connectivity index (χ3n) is 7.91. The van der Waals surface area contributed by atoms with Gasteiger partial charge in [-0.2, -0.15) is 0 Å². The highest BCUT2D eigenvalue weighted by Crippen LogP contribution is 2.38. The number of allylic oxidation sites excluding steroid dienone is 3. The molecule has 0 spiro atoms. The lowest BCUT2D eigenvalue weighted by Crippen LogP contribution is -2.45. The average molecular weight is 659 g/mol. The normalized spacial score (nSPS) is 15.1. The predicted octanol–water partition coefficient (Wildman–Crippen LogP) is 8.38. The summed E-state index contributed by atoms with van der Waals surface area (Å²) in [6, 6.07) is -0.894. The first-order valence-corrected chi connectivity index (χ1v) is 19.7. The monoisotopic (exact) mass is 659 g/mol. The van der Waals surface area contributed by atoms with E-state index >= 15 is 0 Å². The average Bonchev–Trinajstić information content (AvgIpc) is 2.97. The molecule has 0 bridgehead atoms. The van der Waals surface area contributed by atoms with Crippen LogP contribution in [0.4, 0.5) is 0 Å². The fourth-order valence-corrected chi connectivity index (χ4v) is 5.65. The van der Waals surface area contributed by atoms with Crippen molar-refractivity contribution in [3.63, 3.8) is 0 Å². The van der Waals surface area contributed by atoms with Gasteiger partial charge in [0.1, 0.15) is 13.2 Å². The van der Waals surface area contributed by atoms with E-state index in [2.05, 4.69) is 31.3 Å². The fourth-order valence-electron chi connectivity index (χ4n) is 4.93. The summed E-state index contributed by atoms with van der Waals surface area (Å²) < 4.78 is 23.0. The molecule has 0 aromatic carbocycles. The van der Waals surface area contributed by atoms with E-state index in [-0.39, 0.29) is 12.5 Å². The molecule has 0 aliphatic heterocycles. The van der Waals surface area contributed by atoms with E-state index in [1.807, 2.05) is 27.2 Å². The SMILES string of the molecule is CCCCCCC/C=C/CC/C=C/[C@@H](O)[C@H](COP(=O)([O-])OCC[N+](C)(C)C)NC(=O)CCCCCCCCCCCCCC. The molecule has 3 atom stereocenters. The van der Waals surface area contributed by atoms with E-state index in [1.54, 1.807) is 6.08 Å². The van der Waals surface area contributed by atoms with E-state index < -0.39 is 26.6 Å². The number of hydrogen-bond acceptors (Lipinski definition) is 6. The van der Waals surface area contributed by atoms with Crippen molar-refractivity contribution in [2.45, 2.75) is 161 Å². The van der Waals surface area contributed by atoms with Gasteiger partial charge in [0.05, 0.1) is 39.9 Å². The third-order valence-corrected chi connectivity index (χ3v) is 8.88. The summed E-state index contributed by atoms with van der Waals surface area (Å²) in [6.45, 7) is 4.56. The molecule has 1 amide bonds. The molecule has 2 N–H and O–H groups in total. The summed E-state index contributed by atoms with van der Waals surface area (Å²) >= 11 is 0. The first-order valence-electron chi connectivity index (χ1n) is 18.2. The van der Waals surface area contributed by atoms with Crippen LogP contribution in [0.3, 0.4) is 0 Å². The first-order chi connectivity index (χ1) is 21.5. The van der Waals surface area contributed by atoms with Crippen molar-refractivity contribution in [1.29, 1.82) is 0 Å². The molecule has 9 heteroatoms. The number of likely N-dealkylation sites (N-methyl/N-ethyl adjacent to an activating group) is 1. The molecule has 0 aromatic heterocycles. The fraction of sp³-hybridized carbons (Fsp3) is 0.861. The van der Waals surface area contributed by atoms with Crippen LogP contribution >= 0.6 is 7.82 Å². The minimum absolute atomic E-state index is 0.00498. The van der Waals surface area contributed by atoms with Crippen LogP contribution in [0.25, 0.3) is 0 Å². The van der Waals surface area contributed by atoms with Crippen LogP contribution in [0.15, 0.2) is 24.3 Å². The van der Waals surface area contributed by atoms with Gasteiger partial charge in [-0.25, -0.2) is 0 Å². The molecule has 8 nitrogen and oxygen atoms in total. The second-order valence-corrected chi connectivity index (χ2v) is 15.0.